The summed E-state index contributed by atoms with van der Waals surface area (Å²) in [4.78, 5) is 8.42. The Bertz CT molecular complexity index is 2270. The highest BCUT2D eigenvalue weighted by Crippen LogP contribution is 2.80. The lowest BCUT2D eigenvalue weighted by molar-refractivity contribution is 0.447. The zero-order valence-electron chi connectivity index (χ0n) is 25.5. The molecule has 0 fully saturated rings. The maximum absolute atomic E-state index is 6.84. The van der Waals surface area contributed by atoms with Crippen LogP contribution in [0.5, 0.6) is 34.5 Å². The lowest BCUT2D eigenvalue weighted by atomic mass is 10.0. The molecule has 0 N–H and O–H groups in total. The number of hydrogen-bond acceptors (Lipinski definition) is 11. The van der Waals surface area contributed by atoms with Crippen molar-refractivity contribution in [2.75, 3.05) is 0 Å². The van der Waals surface area contributed by atoms with Crippen molar-refractivity contribution >= 4 is 46.2 Å². The van der Waals surface area contributed by atoms with Crippen molar-refractivity contribution in [2.45, 2.75) is 0 Å². The fraction of sp³-hybridized carbons (Fsp3) is 0. The van der Waals surface area contributed by atoms with Crippen LogP contribution in [0.4, 0.5) is 0 Å². The van der Waals surface area contributed by atoms with Crippen molar-refractivity contribution in [2.24, 2.45) is 13.5 Å². The van der Waals surface area contributed by atoms with Crippen molar-refractivity contribution in [1.82, 2.24) is 9.97 Å². The molecule has 6 aromatic rings. The van der Waals surface area contributed by atoms with Crippen LogP contribution in [0.3, 0.4) is 0 Å². The third-order valence-corrected chi connectivity index (χ3v) is 16.2. The molecule has 248 valence electrons. The van der Waals surface area contributed by atoms with Gasteiger partial charge in [0.1, 0.15) is 23.0 Å². The number of halogens is 2. The minimum Gasteiger partial charge on any atom is -0.413 e. The first-order valence-corrected chi connectivity index (χ1v) is 20.4. The maximum atomic E-state index is 6.84. The molecular formula is C34H22Cl2N5O6P3. The summed E-state index contributed by atoms with van der Waals surface area (Å²) in [5, 5.41) is 0.0782. The van der Waals surface area contributed by atoms with Gasteiger partial charge in [-0.1, -0.05) is 110 Å². The summed E-state index contributed by atoms with van der Waals surface area (Å²) >= 11 is 13.2. The van der Waals surface area contributed by atoms with E-state index in [-0.39, 0.29) is 21.8 Å². The van der Waals surface area contributed by atoms with Crippen molar-refractivity contribution in [3.8, 4) is 56.8 Å². The third kappa shape index (κ3) is 5.62. The van der Waals surface area contributed by atoms with Gasteiger partial charge in [-0.2, -0.15) is 0 Å². The molecule has 0 bridgehead atoms. The highest BCUT2D eigenvalue weighted by Gasteiger charge is 2.51. The lowest BCUT2D eigenvalue weighted by Gasteiger charge is -2.32. The third-order valence-electron chi connectivity index (χ3n) is 7.56. The minimum absolute atomic E-state index is 0.0391. The van der Waals surface area contributed by atoms with Gasteiger partial charge in [-0.15, -0.1) is 0 Å². The van der Waals surface area contributed by atoms with E-state index in [4.69, 9.17) is 63.9 Å². The van der Waals surface area contributed by atoms with Gasteiger partial charge in [-0.05, 0) is 48.5 Å². The molecule has 2 aromatic heterocycles. The fourth-order valence-corrected chi connectivity index (χ4v) is 15.1. The van der Waals surface area contributed by atoms with Gasteiger partial charge >= 0.3 is 23.0 Å². The topological polar surface area (TPSA) is 118 Å². The molecule has 9 rings (SSSR count). The van der Waals surface area contributed by atoms with E-state index in [0.717, 1.165) is 22.3 Å². The van der Waals surface area contributed by atoms with Gasteiger partial charge in [0.2, 0.25) is 0 Å². The van der Waals surface area contributed by atoms with Crippen molar-refractivity contribution in [1.29, 1.82) is 0 Å². The molecule has 50 heavy (non-hydrogen) atoms. The molecule has 3 aliphatic rings. The first kappa shape index (κ1) is 31.2. The number of benzene rings is 4. The van der Waals surface area contributed by atoms with Gasteiger partial charge < -0.3 is 27.1 Å². The Morgan fingerprint density at radius 3 is 1.16 bits per heavy atom. The standard InChI is InChI=1S/C34H22Cl2N5O6P3/c35-33-31(19-9-21-37-33)46-50(47-32-20-10-22-38-34(32)36)40-48(42-27-15-5-1-11-23(27)24-12-2-6-16-28(24)43-48)39-49(41-50)44-29-17-7-3-13-25(29)26-14-4-8-18-30(26)45-49/h1-22H. The van der Waals surface area contributed by atoms with Crippen molar-refractivity contribution in [3.05, 3.63) is 144 Å². The summed E-state index contributed by atoms with van der Waals surface area (Å²) in [5.41, 5.74) is 3.09. The van der Waals surface area contributed by atoms with E-state index >= 15 is 0 Å². The van der Waals surface area contributed by atoms with Crippen LogP contribution >= 0.6 is 46.2 Å². The van der Waals surface area contributed by atoms with Crippen LogP contribution in [-0.4, -0.2) is 9.97 Å². The van der Waals surface area contributed by atoms with E-state index in [9.17, 15) is 0 Å². The second kappa shape index (κ2) is 12.2. The number of pyridine rings is 2. The molecule has 4 aromatic carbocycles. The van der Waals surface area contributed by atoms with E-state index in [1.54, 1.807) is 24.3 Å². The monoisotopic (exact) mass is 759 g/mol. The minimum atomic E-state index is -4.14. The van der Waals surface area contributed by atoms with Gasteiger partial charge in [-0.25, -0.2) is 9.97 Å². The molecule has 3 aliphatic heterocycles. The van der Waals surface area contributed by atoms with Gasteiger partial charge in [0, 0.05) is 34.6 Å². The molecule has 0 saturated heterocycles. The molecule has 2 spiro atoms. The summed E-state index contributed by atoms with van der Waals surface area (Å²) in [6.45, 7) is 0. The van der Waals surface area contributed by atoms with E-state index in [1.807, 2.05) is 97.1 Å². The number of nitrogens with zero attached hydrogens (tertiary/aromatic N) is 5. The quantitative estimate of drug-likeness (QED) is 0.129. The zero-order chi connectivity index (χ0) is 33.8. The summed E-state index contributed by atoms with van der Waals surface area (Å²) in [7, 11) is -12.1. The smallest absolute Gasteiger partial charge is 0.413 e. The molecule has 0 atom stereocenters. The largest absolute Gasteiger partial charge is 0.461 e. The molecule has 0 radical (unpaired) electrons. The van der Waals surface area contributed by atoms with Crippen LogP contribution in [0.2, 0.25) is 10.3 Å². The molecular weight excluding hydrogens is 738 g/mol. The van der Waals surface area contributed by atoms with Crippen LogP contribution in [0.1, 0.15) is 0 Å². The predicted molar refractivity (Wildman–Crippen MR) is 194 cm³/mol. The Kier molecular flexibility index (Phi) is 7.65. The second-order valence-corrected chi connectivity index (χ2v) is 17.8. The number of aromatic nitrogens is 2. The first-order chi connectivity index (χ1) is 24.4. The molecule has 0 aliphatic carbocycles. The number of fused-ring (bicyclic) bond motifs is 6. The first-order valence-electron chi connectivity index (χ1n) is 15.1. The van der Waals surface area contributed by atoms with Crippen LogP contribution in [0.15, 0.2) is 147 Å². The second-order valence-electron chi connectivity index (χ2n) is 10.9. The predicted octanol–water partition coefficient (Wildman–Crippen LogP) is 12.4. The average Bonchev–Trinajstić information content (AvgIpc) is 3.33. The molecule has 16 heteroatoms. The van der Waals surface area contributed by atoms with Crippen LogP contribution < -0.4 is 27.1 Å². The Hall–Kier alpha value is -4.75. The molecule has 0 saturated carbocycles. The maximum Gasteiger partial charge on any atom is 0.461 e. The fourth-order valence-electron chi connectivity index (χ4n) is 5.48. The number of para-hydroxylation sites is 4. The van der Waals surface area contributed by atoms with Crippen molar-refractivity contribution < 1.29 is 27.1 Å². The molecule has 5 heterocycles. The van der Waals surface area contributed by atoms with E-state index < -0.39 is 23.0 Å². The van der Waals surface area contributed by atoms with Gasteiger partial charge in [0.25, 0.3) is 0 Å². The van der Waals surface area contributed by atoms with E-state index in [2.05, 4.69) is 9.97 Å². The molecule has 11 nitrogen and oxygen atoms in total. The van der Waals surface area contributed by atoms with Gasteiger partial charge in [-0.3, -0.25) is 0 Å². The molecule has 0 amide bonds. The number of rotatable bonds is 4. The highest BCUT2D eigenvalue weighted by molar-refractivity contribution is 7.79. The normalized spacial score (nSPS) is 16.6. The van der Waals surface area contributed by atoms with E-state index in [0.29, 0.717) is 23.0 Å². The lowest BCUT2D eigenvalue weighted by Crippen LogP contribution is -2.10. The summed E-state index contributed by atoms with van der Waals surface area (Å²) in [6.07, 6.45) is 3.06. The Morgan fingerprint density at radius 1 is 0.420 bits per heavy atom. The van der Waals surface area contributed by atoms with Gasteiger partial charge in [0.05, 0.1) is 0 Å². The summed E-state index contributed by atoms with van der Waals surface area (Å²) in [6, 6.07) is 36.7. The van der Waals surface area contributed by atoms with Crippen LogP contribution in [0, 0.1) is 0 Å². The number of hydrogen-bond donors (Lipinski definition) is 0. The van der Waals surface area contributed by atoms with Crippen molar-refractivity contribution in [3.63, 3.8) is 0 Å². The van der Waals surface area contributed by atoms with E-state index in [1.165, 1.54) is 12.4 Å². The van der Waals surface area contributed by atoms with Gasteiger partial charge in [0.15, 0.2) is 21.8 Å². The van der Waals surface area contributed by atoms with Crippen LogP contribution in [-0.2, 0) is 0 Å². The summed E-state index contributed by atoms with van der Waals surface area (Å²) < 4.78 is 56.1. The highest BCUT2D eigenvalue weighted by atomic mass is 35.5. The summed E-state index contributed by atoms with van der Waals surface area (Å²) in [5.74, 6) is 2.10. The molecule has 0 unspecified atom stereocenters. The zero-order valence-corrected chi connectivity index (χ0v) is 29.7. The average molecular weight is 760 g/mol. The Morgan fingerprint density at radius 2 is 0.780 bits per heavy atom. The Balaban J connectivity index is 1.39. The van der Waals surface area contributed by atoms with Crippen LogP contribution in [0.25, 0.3) is 22.3 Å². The SMILES string of the molecule is Clc1ncccc1OP1(Oc2cccnc2Cl)=NP2(=NP3(=N1)Oc1ccccc1-c1ccccc1O3)Oc1ccccc1-c1ccccc1O2. The Labute approximate surface area is 296 Å².